The number of guanidine groups is 5. The van der Waals surface area contributed by atoms with Gasteiger partial charge in [-0.15, -0.1) is 0 Å². The highest BCUT2D eigenvalue weighted by Crippen LogP contribution is 2.15. The molecule has 50 heteroatoms. The molecular weight excluding hydrogens is 1570 g/mol. The molecule has 0 aliphatic heterocycles. The highest BCUT2D eigenvalue weighted by Gasteiger charge is 2.37. The number of phenols is 1. The van der Waals surface area contributed by atoms with Gasteiger partial charge in [-0.05, 0) is 146 Å². The first-order chi connectivity index (χ1) is 55.6. The van der Waals surface area contributed by atoms with Crippen LogP contribution in [0.4, 0.5) is 0 Å². The number of rotatable bonds is 60. The number of unbranched alkanes of at least 4 members (excludes halogenated alkanes) is 1. The smallest absolute Gasteiger partial charge is 0.326 e. The zero-order valence-electron chi connectivity index (χ0n) is 66.3. The molecule has 0 saturated carbocycles. The van der Waals surface area contributed by atoms with Crippen molar-refractivity contribution in [2.75, 3.05) is 57.8 Å². The molecule has 0 aliphatic rings. The number of hydrogen-bond acceptors (Lipinski definition) is 25. The summed E-state index contributed by atoms with van der Waals surface area (Å²) >= 11 is 1.21. The standard InChI is InChI=1S/C68H121N31O18S/c1-34(89-53(106)38(12-6-25-83-64(73)74)90-50(104)33-88-62(115)51(72)35(2)100)52(105)91-39(11-4-5-24-69)54(107)92-40(13-7-26-84-65(75)76)55(108)93-41(14-8-27-85-66(77)78)56(109)96-44(23-30-118-3)59(112)95-43(21-22-48(70)102)58(111)98-46(31-36-17-19-37(101)20-18-36)60(113)99-47(32-49(71)103)61(114)94-42(15-9-28-86-67(79)80)57(110)97-45(63(116)117)16-10-29-87-68(81)82/h17-20,34-35,38-47,51,100-101H,4-16,21-33,69,72H2,1-3H3,(H2,70,102)(H2,71,103)(H,88,115)(H,89,106)(H,90,104)(H,91,105)(H,92,107)(H,93,108)(H,94,114)(H,95,112)(H,96,109)(H,97,110)(H,98,111)(H,99,113)(H,116,117)(H4,73,74,83)(H4,75,76,84)(H4,77,78,85)(H4,79,80,86)(H4,81,82,87)/t34-,35+,38-,39-,40-,41-,42-,43-,44-,45-,46-,47-,51-/m0/s1. The third-order valence-corrected chi connectivity index (χ3v) is 17.9. The van der Waals surface area contributed by atoms with Crippen molar-refractivity contribution in [1.29, 1.82) is 27.0 Å². The van der Waals surface area contributed by atoms with Gasteiger partial charge in [0.05, 0.1) is 19.1 Å². The molecule has 13 atom stereocenters. The van der Waals surface area contributed by atoms with Crippen LogP contribution in [0.25, 0.3) is 0 Å². The van der Waals surface area contributed by atoms with Crippen molar-refractivity contribution in [3.63, 3.8) is 0 Å². The van der Waals surface area contributed by atoms with E-state index in [1.54, 1.807) is 6.26 Å². The van der Waals surface area contributed by atoms with Gasteiger partial charge in [-0.2, -0.15) is 11.8 Å². The summed E-state index contributed by atoms with van der Waals surface area (Å²) in [4.78, 5) is 207. The molecule has 0 spiro atoms. The molecule has 0 unspecified atom stereocenters. The predicted molar refractivity (Wildman–Crippen MR) is 433 cm³/mol. The lowest BCUT2D eigenvalue weighted by atomic mass is 10.0. The number of carboxylic acids is 1. The lowest BCUT2D eigenvalue weighted by Gasteiger charge is -2.28. The zero-order valence-corrected chi connectivity index (χ0v) is 67.1. The molecule has 0 heterocycles. The highest BCUT2D eigenvalue weighted by atomic mass is 32.2. The van der Waals surface area contributed by atoms with Gasteiger partial charge in [0.2, 0.25) is 82.7 Å². The van der Waals surface area contributed by atoms with E-state index in [2.05, 4.69) is 90.4 Å². The molecule has 0 aromatic heterocycles. The molecule has 1 aromatic carbocycles. The largest absolute Gasteiger partial charge is 0.508 e. The summed E-state index contributed by atoms with van der Waals surface area (Å²) in [6.07, 6.45) is -2.71. The molecule has 1 rings (SSSR count). The lowest BCUT2D eigenvalue weighted by Crippen LogP contribution is -2.61. The minimum absolute atomic E-state index is 0.00859. The summed E-state index contributed by atoms with van der Waals surface area (Å²) in [7, 11) is 0. The van der Waals surface area contributed by atoms with E-state index in [9.17, 15) is 87.2 Å². The lowest BCUT2D eigenvalue weighted by molar-refractivity contribution is -0.142. The molecule has 14 amide bonds. The van der Waals surface area contributed by atoms with Gasteiger partial charge in [0.1, 0.15) is 78.3 Å². The average molecular weight is 1690 g/mol. The number of aromatic hydroxyl groups is 1. The van der Waals surface area contributed by atoms with Gasteiger partial charge < -0.3 is 157 Å². The quantitative estimate of drug-likeness (QED) is 0.0164. The van der Waals surface area contributed by atoms with E-state index >= 15 is 0 Å². The normalized spacial score (nSPS) is 14.1. The number of nitrogens with two attached hydrogens (primary N) is 9. The van der Waals surface area contributed by atoms with Crippen LogP contribution in [-0.2, 0) is 78.3 Å². The van der Waals surface area contributed by atoms with Gasteiger partial charge in [-0.3, -0.25) is 94.2 Å². The Labute approximate surface area is 685 Å². The number of carbonyl (C=O) groups is 15. The van der Waals surface area contributed by atoms with Crippen molar-refractivity contribution >= 4 is 130 Å². The van der Waals surface area contributed by atoms with Crippen molar-refractivity contribution in [3.05, 3.63) is 29.8 Å². The number of primary amides is 2. The van der Waals surface area contributed by atoms with Crippen LogP contribution in [0.2, 0.25) is 0 Å². The first-order valence-electron chi connectivity index (χ1n) is 37.8. The van der Waals surface area contributed by atoms with Gasteiger partial charge in [0.25, 0.3) is 0 Å². The third kappa shape index (κ3) is 45.1. The Bertz CT molecular complexity index is 3570. The predicted octanol–water partition coefficient (Wildman–Crippen LogP) is -11.5. The summed E-state index contributed by atoms with van der Waals surface area (Å²) in [5, 5.41) is 110. The third-order valence-electron chi connectivity index (χ3n) is 17.3. The van der Waals surface area contributed by atoms with Gasteiger partial charge in [-0.25, -0.2) is 4.79 Å². The monoisotopic (exact) mass is 1690 g/mol. The van der Waals surface area contributed by atoms with E-state index in [0.29, 0.717) is 6.42 Å². The van der Waals surface area contributed by atoms with E-state index < -0.39 is 223 Å². The van der Waals surface area contributed by atoms with Gasteiger partial charge in [0, 0.05) is 45.6 Å². The number of thioether (sulfide) groups is 1. The minimum atomic E-state index is -1.94. The molecule has 43 N–H and O–H groups in total. The molecule has 49 nitrogen and oxygen atoms in total. The second kappa shape index (κ2) is 56.8. The zero-order chi connectivity index (χ0) is 89.1. The summed E-state index contributed by atoms with van der Waals surface area (Å²) in [6, 6.07) is -13.9. The number of phenolic OH excluding ortho intramolecular Hbond substituents is 1. The second-order valence-corrected chi connectivity index (χ2v) is 28.2. The number of aliphatic hydroxyl groups is 1. The van der Waals surface area contributed by atoms with Crippen LogP contribution in [-0.4, -0.2) is 270 Å². The Morgan fingerprint density at radius 2 is 0.712 bits per heavy atom. The van der Waals surface area contributed by atoms with Gasteiger partial charge >= 0.3 is 5.97 Å². The molecule has 0 fully saturated rings. The molecule has 662 valence electrons. The van der Waals surface area contributed by atoms with E-state index in [1.807, 2.05) is 0 Å². The van der Waals surface area contributed by atoms with Crippen molar-refractivity contribution in [1.82, 2.24) is 90.4 Å². The number of amides is 14. The number of carboxylic acid groups (broad SMARTS) is 1. The topological polar surface area (TPSA) is 875 Å². The molecular formula is C68H121N31O18S. The molecule has 0 bridgehead atoms. The first kappa shape index (κ1) is 104. The van der Waals surface area contributed by atoms with E-state index in [4.69, 9.17) is 78.6 Å². The van der Waals surface area contributed by atoms with Crippen LogP contribution in [0.5, 0.6) is 5.75 Å². The summed E-state index contributed by atoms with van der Waals surface area (Å²) < 4.78 is 0. The fourth-order valence-corrected chi connectivity index (χ4v) is 11.4. The van der Waals surface area contributed by atoms with Crippen molar-refractivity contribution in [2.24, 2.45) is 51.6 Å². The Balaban J connectivity index is 3.89. The number of benzene rings is 1. The minimum Gasteiger partial charge on any atom is -0.508 e. The van der Waals surface area contributed by atoms with Crippen LogP contribution in [0.3, 0.4) is 0 Å². The maximum absolute atomic E-state index is 14.8. The van der Waals surface area contributed by atoms with Gasteiger partial charge in [0.15, 0.2) is 29.8 Å². The maximum Gasteiger partial charge on any atom is 0.326 e. The SMILES string of the molecule is CSCC[C@H](NC(=O)[C@H](CCCNC(=N)N)NC(=O)[C@H](CCCNC(=N)N)NC(=O)[C@H](CCCCN)NC(=O)[C@H](C)NC(=O)[C@H](CCCNC(=N)N)NC(=O)CNC(=O)[C@@H](N)[C@@H](C)O)C(=O)N[C@@H](CCC(N)=O)C(=O)N[C@@H](Cc1ccc(O)cc1)C(=O)N[C@@H](CC(N)=O)C(=O)N[C@@H](CCCNC(=N)N)C(=O)N[C@@H](CCCNC(=N)N)C(=O)O. The molecule has 1 aromatic rings. The number of nitrogens with one attached hydrogen (secondary N) is 22. The molecule has 0 radical (unpaired) electrons. The molecule has 0 aliphatic carbocycles. The Hall–Kier alpha value is -12.3. The first-order valence-corrected chi connectivity index (χ1v) is 39.2. The fraction of sp³-hybridized carbons (Fsp3) is 0.618. The summed E-state index contributed by atoms with van der Waals surface area (Å²) in [5.41, 5.74) is 50.0. The number of carbonyl (C=O) groups excluding carboxylic acids is 14. The van der Waals surface area contributed by atoms with Crippen molar-refractivity contribution in [3.8, 4) is 5.75 Å². The summed E-state index contributed by atoms with van der Waals surface area (Å²) in [6.45, 7) is 2.01. The van der Waals surface area contributed by atoms with E-state index in [1.165, 1.54) is 49.9 Å². The fourth-order valence-electron chi connectivity index (χ4n) is 10.9. The number of aliphatic hydroxyl groups excluding tert-OH is 1. The van der Waals surface area contributed by atoms with Crippen LogP contribution in [0.1, 0.15) is 129 Å². The van der Waals surface area contributed by atoms with Crippen LogP contribution in [0, 0.1) is 27.0 Å². The average Bonchev–Trinajstić information content (AvgIpc) is 0.850. The van der Waals surface area contributed by atoms with Crippen LogP contribution in [0.15, 0.2) is 24.3 Å². The van der Waals surface area contributed by atoms with Gasteiger partial charge in [-0.1, -0.05) is 12.1 Å². The van der Waals surface area contributed by atoms with Crippen LogP contribution >= 0.6 is 11.8 Å². The van der Waals surface area contributed by atoms with E-state index in [-0.39, 0.29) is 146 Å². The Morgan fingerprint density at radius 1 is 0.390 bits per heavy atom. The number of hydrogen-bond donors (Lipinski definition) is 34. The number of aliphatic carboxylic acids is 1. The maximum atomic E-state index is 14.8. The van der Waals surface area contributed by atoms with E-state index in [0.717, 1.165) is 0 Å². The Morgan fingerprint density at radius 3 is 1.08 bits per heavy atom. The molecule has 0 saturated heterocycles. The highest BCUT2D eigenvalue weighted by molar-refractivity contribution is 7.98. The van der Waals surface area contributed by atoms with Crippen molar-refractivity contribution < 1.29 is 87.2 Å². The summed E-state index contributed by atoms with van der Waals surface area (Å²) in [5.74, 6) is -18.1. The van der Waals surface area contributed by atoms with Crippen molar-refractivity contribution in [2.45, 2.75) is 208 Å². The van der Waals surface area contributed by atoms with Crippen LogP contribution < -0.4 is 142 Å². The second-order valence-electron chi connectivity index (χ2n) is 27.2. The Kier molecular flexibility index (Phi) is 49.9. The molecule has 118 heavy (non-hydrogen) atoms.